The third-order valence-electron chi connectivity index (χ3n) is 3.32. The average molecular weight is 297 g/mol. The van der Waals surface area contributed by atoms with Crippen LogP contribution in [0.5, 0.6) is 5.75 Å². The van der Waals surface area contributed by atoms with Crippen LogP contribution in [-0.2, 0) is 4.79 Å². The number of nitrogens with zero attached hydrogens (tertiary/aromatic N) is 2. The van der Waals surface area contributed by atoms with Crippen LogP contribution in [0, 0.1) is 0 Å². The minimum Gasteiger partial charge on any atom is -0.476 e. The number of carbonyl (C=O) groups excluding carboxylic acids is 1. The minimum absolute atomic E-state index is 0.0222. The quantitative estimate of drug-likeness (QED) is 0.856. The van der Waals surface area contributed by atoms with Crippen molar-refractivity contribution in [2.75, 3.05) is 32.1 Å². The Hall–Kier alpha value is -1.26. The maximum Gasteiger partial charge on any atom is 0.270 e. The second-order valence-corrected chi connectivity index (χ2v) is 6.27. The van der Waals surface area contributed by atoms with E-state index in [0.29, 0.717) is 17.3 Å². The Labute approximate surface area is 125 Å². The van der Waals surface area contributed by atoms with Crippen molar-refractivity contribution in [3.63, 3.8) is 0 Å². The first kappa shape index (κ1) is 15.1. The number of amides is 1. The van der Waals surface area contributed by atoms with E-state index in [4.69, 9.17) is 16.3 Å². The molecular formula is C15H21ClN2O2. The second-order valence-electron chi connectivity index (χ2n) is 5.84. The number of fused-ring (bicyclic) bond motifs is 1. The van der Waals surface area contributed by atoms with Crippen LogP contribution in [-0.4, -0.2) is 43.6 Å². The molecule has 1 aromatic carbocycles. The van der Waals surface area contributed by atoms with Crippen molar-refractivity contribution in [3.05, 3.63) is 23.2 Å². The smallest absolute Gasteiger partial charge is 0.270 e. The number of hydrogen-bond acceptors (Lipinski definition) is 3. The van der Waals surface area contributed by atoms with Gasteiger partial charge >= 0.3 is 0 Å². The molecule has 0 unspecified atom stereocenters. The molecule has 0 aromatic heterocycles. The molecule has 1 amide bonds. The molecule has 0 aliphatic carbocycles. The summed E-state index contributed by atoms with van der Waals surface area (Å²) in [5.74, 6) is 0.690. The summed E-state index contributed by atoms with van der Waals surface area (Å²) in [6.45, 7) is 5.19. The summed E-state index contributed by atoms with van der Waals surface area (Å²) in [5.41, 5.74) is -0.0700. The van der Waals surface area contributed by atoms with Crippen molar-refractivity contribution in [2.45, 2.75) is 25.9 Å². The van der Waals surface area contributed by atoms with Gasteiger partial charge in [0.05, 0.1) is 5.69 Å². The molecule has 0 spiro atoms. The zero-order valence-electron chi connectivity index (χ0n) is 12.4. The molecular weight excluding hydrogens is 276 g/mol. The van der Waals surface area contributed by atoms with E-state index in [-0.39, 0.29) is 5.91 Å². The lowest BCUT2D eigenvalue weighted by Crippen LogP contribution is -2.53. The van der Waals surface area contributed by atoms with Gasteiger partial charge in [-0.3, -0.25) is 4.79 Å². The first-order valence-electron chi connectivity index (χ1n) is 6.76. The van der Waals surface area contributed by atoms with Crippen molar-refractivity contribution in [1.29, 1.82) is 0 Å². The fraction of sp³-hybridized carbons (Fsp3) is 0.533. The molecule has 0 saturated heterocycles. The highest BCUT2D eigenvalue weighted by Gasteiger charge is 2.40. The van der Waals surface area contributed by atoms with Crippen LogP contribution >= 0.6 is 11.6 Å². The molecule has 0 atom stereocenters. The van der Waals surface area contributed by atoms with Crippen LogP contribution in [0.25, 0.3) is 0 Å². The van der Waals surface area contributed by atoms with Gasteiger partial charge in [-0.15, -0.1) is 0 Å². The van der Waals surface area contributed by atoms with E-state index in [1.165, 1.54) is 0 Å². The van der Waals surface area contributed by atoms with Gasteiger partial charge in [-0.1, -0.05) is 11.6 Å². The number of rotatable bonds is 4. The SMILES string of the molecule is CN(C)CCCN1C(=O)C(C)(C)Oc2ccc(Cl)cc21. The lowest BCUT2D eigenvalue weighted by molar-refractivity contribution is -0.132. The molecule has 1 aliphatic rings. The highest BCUT2D eigenvalue weighted by Crippen LogP contribution is 2.39. The highest BCUT2D eigenvalue weighted by molar-refractivity contribution is 6.31. The molecule has 0 bridgehead atoms. The van der Waals surface area contributed by atoms with Crippen LogP contribution in [0.4, 0.5) is 5.69 Å². The fourth-order valence-corrected chi connectivity index (χ4v) is 2.47. The summed E-state index contributed by atoms with van der Waals surface area (Å²) < 4.78 is 5.78. The van der Waals surface area contributed by atoms with E-state index in [0.717, 1.165) is 18.7 Å². The summed E-state index contributed by atoms with van der Waals surface area (Å²) in [4.78, 5) is 16.4. The van der Waals surface area contributed by atoms with Gasteiger partial charge in [0.1, 0.15) is 5.75 Å². The predicted octanol–water partition coefficient (Wildman–Crippen LogP) is 2.80. The van der Waals surface area contributed by atoms with Crippen LogP contribution in [0.15, 0.2) is 18.2 Å². The fourth-order valence-electron chi connectivity index (χ4n) is 2.31. The molecule has 110 valence electrons. The summed E-state index contributed by atoms with van der Waals surface area (Å²) in [6.07, 6.45) is 0.904. The van der Waals surface area contributed by atoms with Gasteiger partial charge in [0, 0.05) is 11.6 Å². The van der Waals surface area contributed by atoms with Crippen molar-refractivity contribution < 1.29 is 9.53 Å². The Morgan fingerprint density at radius 3 is 2.70 bits per heavy atom. The maximum absolute atomic E-state index is 12.5. The largest absolute Gasteiger partial charge is 0.476 e. The van der Waals surface area contributed by atoms with Crippen LogP contribution in [0.2, 0.25) is 5.02 Å². The Balaban J connectivity index is 2.28. The summed E-state index contributed by atoms with van der Waals surface area (Å²) in [7, 11) is 4.05. The van der Waals surface area contributed by atoms with Gasteiger partial charge in [0.25, 0.3) is 5.91 Å². The molecule has 2 rings (SSSR count). The van der Waals surface area contributed by atoms with E-state index in [2.05, 4.69) is 4.90 Å². The molecule has 0 fully saturated rings. The molecule has 1 aromatic rings. The van der Waals surface area contributed by atoms with Gasteiger partial charge in [-0.25, -0.2) is 0 Å². The van der Waals surface area contributed by atoms with Gasteiger partial charge in [0.15, 0.2) is 5.60 Å². The number of benzene rings is 1. The Morgan fingerprint density at radius 1 is 1.35 bits per heavy atom. The number of halogens is 1. The van der Waals surface area contributed by atoms with Crippen LogP contribution in [0.3, 0.4) is 0 Å². The standard InChI is InChI=1S/C15H21ClN2O2/c1-15(2)14(19)18(9-5-8-17(3)4)12-10-11(16)6-7-13(12)20-15/h6-7,10H,5,8-9H2,1-4H3. The highest BCUT2D eigenvalue weighted by atomic mass is 35.5. The zero-order chi connectivity index (χ0) is 14.9. The van der Waals surface area contributed by atoms with E-state index in [1.807, 2.05) is 20.2 Å². The molecule has 4 nitrogen and oxygen atoms in total. The van der Waals surface area contributed by atoms with E-state index in [1.54, 1.807) is 30.9 Å². The first-order valence-corrected chi connectivity index (χ1v) is 7.14. The molecule has 1 aliphatic heterocycles. The Morgan fingerprint density at radius 2 is 2.05 bits per heavy atom. The van der Waals surface area contributed by atoms with E-state index in [9.17, 15) is 4.79 Å². The number of anilines is 1. The maximum atomic E-state index is 12.5. The zero-order valence-corrected chi connectivity index (χ0v) is 13.2. The van der Waals surface area contributed by atoms with E-state index < -0.39 is 5.60 Å². The third-order valence-corrected chi connectivity index (χ3v) is 3.56. The normalized spacial score (nSPS) is 17.1. The van der Waals surface area contributed by atoms with Gasteiger partial charge < -0.3 is 14.5 Å². The average Bonchev–Trinajstić information content (AvgIpc) is 2.34. The van der Waals surface area contributed by atoms with Crippen LogP contribution < -0.4 is 9.64 Å². The summed E-state index contributed by atoms with van der Waals surface area (Å²) in [6, 6.07) is 5.40. The molecule has 0 radical (unpaired) electrons. The molecule has 0 N–H and O–H groups in total. The van der Waals surface area contributed by atoms with Gasteiger partial charge in [-0.2, -0.15) is 0 Å². The van der Waals surface area contributed by atoms with Crippen LogP contribution in [0.1, 0.15) is 20.3 Å². The van der Waals surface area contributed by atoms with Gasteiger partial charge in [-0.05, 0) is 59.1 Å². The topological polar surface area (TPSA) is 32.8 Å². The molecule has 1 heterocycles. The van der Waals surface area contributed by atoms with Crippen molar-refractivity contribution in [1.82, 2.24) is 4.90 Å². The molecule has 0 saturated carbocycles. The predicted molar refractivity (Wildman–Crippen MR) is 81.7 cm³/mol. The third kappa shape index (κ3) is 3.07. The summed E-state index contributed by atoms with van der Waals surface area (Å²) >= 11 is 6.04. The van der Waals surface area contributed by atoms with E-state index >= 15 is 0 Å². The molecule has 20 heavy (non-hydrogen) atoms. The van der Waals surface area contributed by atoms with Crippen molar-refractivity contribution >= 4 is 23.2 Å². The number of hydrogen-bond donors (Lipinski definition) is 0. The number of ether oxygens (including phenoxy) is 1. The minimum atomic E-state index is -0.834. The lowest BCUT2D eigenvalue weighted by atomic mass is 10.0. The Kier molecular flexibility index (Phi) is 4.25. The second kappa shape index (κ2) is 5.62. The monoisotopic (exact) mass is 296 g/mol. The summed E-state index contributed by atoms with van der Waals surface area (Å²) in [5, 5.41) is 0.609. The first-order chi connectivity index (χ1) is 9.31. The van der Waals surface area contributed by atoms with Crippen molar-refractivity contribution in [3.8, 4) is 5.75 Å². The number of carbonyl (C=O) groups is 1. The molecule has 5 heteroatoms. The Bertz CT molecular complexity index is 515. The lowest BCUT2D eigenvalue weighted by Gasteiger charge is -2.39. The van der Waals surface area contributed by atoms with Gasteiger partial charge in [0.2, 0.25) is 0 Å². The van der Waals surface area contributed by atoms with Crippen molar-refractivity contribution in [2.24, 2.45) is 0 Å².